The fourth-order valence-corrected chi connectivity index (χ4v) is 2.48. The highest BCUT2D eigenvalue weighted by molar-refractivity contribution is 9.10. The Hall–Kier alpha value is -1.49. The van der Waals surface area contributed by atoms with E-state index in [-0.39, 0.29) is 5.56 Å². The molecular formula is C13H12BrN3O. The van der Waals surface area contributed by atoms with E-state index in [2.05, 4.69) is 30.9 Å². The average Bonchev–Trinajstić information content (AvgIpc) is 3.17. The quantitative estimate of drug-likeness (QED) is 0.928. The Balaban J connectivity index is 2.19. The molecule has 0 radical (unpaired) electrons. The molecule has 1 fully saturated rings. The largest absolute Gasteiger partial charge is 0.306 e. The summed E-state index contributed by atoms with van der Waals surface area (Å²) in [5, 5.41) is 0. The van der Waals surface area contributed by atoms with Gasteiger partial charge in [-0.2, -0.15) is 0 Å². The van der Waals surface area contributed by atoms with Crippen molar-refractivity contribution in [3.05, 3.63) is 44.5 Å². The summed E-state index contributed by atoms with van der Waals surface area (Å²) in [7, 11) is 0. The lowest BCUT2D eigenvalue weighted by Gasteiger charge is -2.07. The minimum Gasteiger partial charge on any atom is -0.306 e. The predicted octanol–water partition coefficient (Wildman–Crippen LogP) is 2.78. The lowest BCUT2D eigenvalue weighted by molar-refractivity contribution is 0.958. The van der Waals surface area contributed by atoms with Crippen LogP contribution in [0.4, 0.5) is 0 Å². The summed E-state index contributed by atoms with van der Waals surface area (Å²) in [6.07, 6.45) is 5.71. The first-order valence-electron chi connectivity index (χ1n) is 5.87. The first kappa shape index (κ1) is 11.6. The van der Waals surface area contributed by atoms with E-state index in [0.29, 0.717) is 16.2 Å². The Morgan fingerprint density at radius 2 is 2.22 bits per heavy atom. The van der Waals surface area contributed by atoms with Crippen LogP contribution in [-0.4, -0.2) is 15.0 Å². The van der Waals surface area contributed by atoms with E-state index in [0.717, 1.165) is 29.7 Å². The van der Waals surface area contributed by atoms with Crippen molar-refractivity contribution in [2.24, 2.45) is 0 Å². The SMILES string of the molecule is Cc1cnccc1-c1nc(C2CC2)c(Br)c(=O)[nH]1. The molecule has 0 saturated heterocycles. The van der Waals surface area contributed by atoms with E-state index in [1.54, 1.807) is 12.4 Å². The lowest BCUT2D eigenvalue weighted by atomic mass is 10.1. The van der Waals surface area contributed by atoms with Crippen LogP contribution in [0, 0.1) is 6.92 Å². The highest BCUT2D eigenvalue weighted by Gasteiger charge is 2.29. The van der Waals surface area contributed by atoms with Crippen LogP contribution in [0.3, 0.4) is 0 Å². The molecule has 1 aliphatic rings. The summed E-state index contributed by atoms with van der Waals surface area (Å²) < 4.78 is 0.570. The molecule has 0 aromatic carbocycles. The van der Waals surface area contributed by atoms with Crippen molar-refractivity contribution in [1.29, 1.82) is 0 Å². The van der Waals surface area contributed by atoms with Crippen LogP contribution in [0.15, 0.2) is 27.7 Å². The lowest BCUT2D eigenvalue weighted by Crippen LogP contribution is -2.13. The maximum atomic E-state index is 11.9. The number of hydrogen-bond acceptors (Lipinski definition) is 3. The Bertz CT molecular complexity index is 662. The molecule has 3 rings (SSSR count). The third kappa shape index (κ3) is 1.99. The number of nitrogens with zero attached hydrogens (tertiary/aromatic N) is 2. The van der Waals surface area contributed by atoms with Gasteiger partial charge in [-0.25, -0.2) is 4.98 Å². The highest BCUT2D eigenvalue weighted by atomic mass is 79.9. The second kappa shape index (κ2) is 4.31. The smallest absolute Gasteiger partial charge is 0.265 e. The molecule has 0 amide bonds. The van der Waals surface area contributed by atoms with Gasteiger partial charge >= 0.3 is 0 Å². The summed E-state index contributed by atoms with van der Waals surface area (Å²) in [5.41, 5.74) is 2.70. The van der Waals surface area contributed by atoms with Gasteiger partial charge < -0.3 is 4.98 Å². The zero-order valence-corrected chi connectivity index (χ0v) is 11.5. The molecule has 0 bridgehead atoms. The Labute approximate surface area is 113 Å². The topological polar surface area (TPSA) is 58.6 Å². The monoisotopic (exact) mass is 305 g/mol. The normalized spacial score (nSPS) is 14.8. The predicted molar refractivity (Wildman–Crippen MR) is 72.5 cm³/mol. The van der Waals surface area contributed by atoms with Crippen molar-refractivity contribution in [3.63, 3.8) is 0 Å². The molecule has 2 heterocycles. The van der Waals surface area contributed by atoms with E-state index >= 15 is 0 Å². The molecule has 92 valence electrons. The number of aryl methyl sites for hydroxylation is 1. The van der Waals surface area contributed by atoms with E-state index in [1.165, 1.54) is 0 Å². The van der Waals surface area contributed by atoms with Gasteiger partial charge in [-0.1, -0.05) is 0 Å². The number of rotatable bonds is 2. The van der Waals surface area contributed by atoms with Gasteiger partial charge in [0.15, 0.2) is 0 Å². The van der Waals surface area contributed by atoms with Crippen LogP contribution >= 0.6 is 15.9 Å². The maximum Gasteiger partial charge on any atom is 0.265 e. The number of nitrogens with one attached hydrogen (secondary N) is 1. The molecule has 1 N–H and O–H groups in total. The number of aromatic amines is 1. The Morgan fingerprint density at radius 1 is 1.44 bits per heavy atom. The van der Waals surface area contributed by atoms with E-state index in [1.807, 2.05) is 13.0 Å². The minimum atomic E-state index is -0.113. The molecule has 5 heteroatoms. The summed E-state index contributed by atoms with van der Waals surface area (Å²) >= 11 is 3.33. The van der Waals surface area contributed by atoms with Crippen LogP contribution in [0.2, 0.25) is 0 Å². The maximum absolute atomic E-state index is 11.9. The van der Waals surface area contributed by atoms with Gasteiger partial charge in [0.2, 0.25) is 0 Å². The van der Waals surface area contributed by atoms with E-state index < -0.39 is 0 Å². The summed E-state index contributed by atoms with van der Waals surface area (Å²) in [6.45, 7) is 1.96. The molecule has 1 saturated carbocycles. The van der Waals surface area contributed by atoms with Crippen molar-refractivity contribution < 1.29 is 0 Å². The fraction of sp³-hybridized carbons (Fsp3) is 0.308. The zero-order chi connectivity index (χ0) is 12.7. The van der Waals surface area contributed by atoms with Gasteiger partial charge in [0.05, 0.1) is 5.69 Å². The zero-order valence-electron chi connectivity index (χ0n) is 9.90. The van der Waals surface area contributed by atoms with Gasteiger partial charge in [0.25, 0.3) is 5.56 Å². The molecule has 0 unspecified atom stereocenters. The third-order valence-corrected chi connectivity index (χ3v) is 3.89. The van der Waals surface area contributed by atoms with Crippen LogP contribution in [0.5, 0.6) is 0 Å². The van der Waals surface area contributed by atoms with Crippen molar-refractivity contribution in [2.45, 2.75) is 25.7 Å². The van der Waals surface area contributed by atoms with Crippen molar-refractivity contribution >= 4 is 15.9 Å². The van der Waals surface area contributed by atoms with Gasteiger partial charge in [-0.05, 0) is 47.3 Å². The van der Waals surface area contributed by atoms with Gasteiger partial charge in [0, 0.05) is 23.9 Å². The van der Waals surface area contributed by atoms with Gasteiger partial charge in [-0.15, -0.1) is 0 Å². The highest BCUT2D eigenvalue weighted by Crippen LogP contribution is 2.41. The summed E-state index contributed by atoms with van der Waals surface area (Å²) in [5.74, 6) is 1.06. The second-order valence-corrected chi connectivity index (χ2v) is 5.37. The van der Waals surface area contributed by atoms with Crippen molar-refractivity contribution in [3.8, 4) is 11.4 Å². The molecule has 1 aliphatic carbocycles. The summed E-state index contributed by atoms with van der Waals surface area (Å²) in [4.78, 5) is 23.4. The number of H-pyrrole nitrogens is 1. The van der Waals surface area contributed by atoms with Crippen LogP contribution in [0.25, 0.3) is 11.4 Å². The second-order valence-electron chi connectivity index (χ2n) is 4.58. The number of pyridine rings is 1. The van der Waals surface area contributed by atoms with Crippen LogP contribution < -0.4 is 5.56 Å². The minimum absolute atomic E-state index is 0.113. The molecule has 2 aromatic rings. The van der Waals surface area contributed by atoms with Crippen molar-refractivity contribution in [1.82, 2.24) is 15.0 Å². The fourth-order valence-electron chi connectivity index (χ4n) is 1.97. The first-order valence-corrected chi connectivity index (χ1v) is 6.67. The molecule has 2 aromatic heterocycles. The van der Waals surface area contributed by atoms with Crippen LogP contribution in [0.1, 0.15) is 30.0 Å². The Morgan fingerprint density at radius 3 is 2.89 bits per heavy atom. The van der Waals surface area contributed by atoms with Crippen LogP contribution in [-0.2, 0) is 0 Å². The number of hydrogen-bond donors (Lipinski definition) is 1. The van der Waals surface area contributed by atoms with E-state index in [4.69, 9.17) is 0 Å². The van der Waals surface area contributed by atoms with E-state index in [9.17, 15) is 4.79 Å². The molecule has 0 atom stereocenters. The first-order chi connectivity index (χ1) is 8.66. The average molecular weight is 306 g/mol. The van der Waals surface area contributed by atoms with Crippen molar-refractivity contribution in [2.75, 3.05) is 0 Å². The van der Waals surface area contributed by atoms with Gasteiger partial charge in [-0.3, -0.25) is 9.78 Å². The molecular weight excluding hydrogens is 294 g/mol. The number of aromatic nitrogens is 3. The molecule has 0 aliphatic heterocycles. The standard InChI is InChI=1S/C13H12BrN3O/c1-7-6-15-5-4-9(7)12-16-11(8-2-3-8)10(14)13(18)17-12/h4-6,8H,2-3H2,1H3,(H,16,17,18). The number of halogens is 1. The molecule has 4 nitrogen and oxygen atoms in total. The molecule has 0 spiro atoms. The summed E-state index contributed by atoms with van der Waals surface area (Å²) in [6, 6.07) is 1.87. The molecule has 18 heavy (non-hydrogen) atoms. The van der Waals surface area contributed by atoms with Gasteiger partial charge in [0.1, 0.15) is 10.3 Å². The Kier molecular flexibility index (Phi) is 2.78. The third-order valence-electron chi connectivity index (χ3n) is 3.13.